The zero-order chi connectivity index (χ0) is 66.4. The number of carbonyl (C=O) groups is 5. The standard InChI is InChI=1S/C70H70F4N2O13S4/c1-5-9-12-35-83-54-31-32-56(89-70(73,74)52-28-30-53(61(72)60(52)71)87-59(79)33-21-44-20-24-47-40-48(26-25-46(47)39-44)82-34-13-10-11-14-36-84-57(77)7-3)65-63(54)91-69(93-65)51(42-76)67(81)86-38-16-15-37-85-66(80)50(41-75)68-90-62-49(45-22-18-43(17-6-2)19-23-45)27-29-55(64(62)92-68)88-58(78)8-4/h7-8,20,24-32,39-40,43,45H,3-6,9-19,21-23,33-38H2,1-2H3/b68-50+,69-51+. The number of fused-ring (bicyclic) bond motifs is 3. The average molecular weight is 1350 g/mol. The summed E-state index contributed by atoms with van der Waals surface area (Å²) in [7, 11) is 0. The molecule has 2 heterocycles. The number of aryl methyl sites for hydroxylation is 1. The van der Waals surface area contributed by atoms with Crippen molar-refractivity contribution in [2.45, 2.75) is 155 Å². The monoisotopic (exact) mass is 1350 g/mol. The number of unbranched alkanes of at least 4 members (excludes halogenated alkanes) is 6. The highest BCUT2D eigenvalue weighted by Gasteiger charge is 2.42. The molecule has 5 aromatic carbocycles. The summed E-state index contributed by atoms with van der Waals surface area (Å²) in [4.78, 5) is 65.0. The second-order valence-corrected chi connectivity index (χ2v) is 26.6. The Balaban J connectivity index is 0.844. The van der Waals surface area contributed by atoms with E-state index in [9.17, 15) is 34.5 Å². The molecule has 5 aromatic rings. The van der Waals surface area contributed by atoms with Gasteiger partial charge in [0, 0.05) is 23.5 Å². The minimum Gasteiger partial charge on any atom is -0.494 e. The first kappa shape index (κ1) is 71.0. The molecule has 2 aliphatic heterocycles. The van der Waals surface area contributed by atoms with Crippen LogP contribution in [0.1, 0.15) is 139 Å². The number of hydrogen-bond acceptors (Lipinski definition) is 19. The van der Waals surface area contributed by atoms with Gasteiger partial charge < -0.3 is 37.9 Å². The van der Waals surface area contributed by atoms with Crippen molar-refractivity contribution in [1.82, 2.24) is 0 Å². The van der Waals surface area contributed by atoms with Crippen molar-refractivity contribution in [3.05, 3.63) is 146 Å². The maximum Gasteiger partial charge on any atom is 0.429 e. The van der Waals surface area contributed by atoms with E-state index in [0.29, 0.717) is 58.3 Å². The van der Waals surface area contributed by atoms with Gasteiger partial charge in [0.25, 0.3) is 0 Å². The van der Waals surface area contributed by atoms with Crippen LogP contribution in [0.4, 0.5) is 17.6 Å². The molecular formula is C70H70F4N2O13S4. The van der Waals surface area contributed by atoms with Crippen molar-refractivity contribution in [3.63, 3.8) is 0 Å². The number of benzene rings is 5. The molecule has 93 heavy (non-hydrogen) atoms. The highest BCUT2D eigenvalue weighted by Crippen LogP contribution is 2.61. The van der Waals surface area contributed by atoms with Gasteiger partial charge in [-0.2, -0.15) is 23.7 Å². The van der Waals surface area contributed by atoms with Gasteiger partial charge in [-0.1, -0.05) is 130 Å². The Kier molecular flexibility index (Phi) is 26.7. The first-order valence-corrected chi connectivity index (χ1v) is 34.1. The van der Waals surface area contributed by atoms with Crippen molar-refractivity contribution < 1.29 is 79.4 Å². The minimum atomic E-state index is -4.53. The van der Waals surface area contributed by atoms with Gasteiger partial charge in [-0.15, -0.1) is 0 Å². The van der Waals surface area contributed by atoms with Gasteiger partial charge in [0.1, 0.15) is 40.7 Å². The van der Waals surface area contributed by atoms with Crippen LogP contribution in [-0.4, -0.2) is 62.9 Å². The number of hydrogen-bond donors (Lipinski definition) is 0. The number of ether oxygens (including phenoxy) is 8. The number of thioether (sulfide) groups is 4. The number of nitriles is 2. The SMILES string of the molecule is C=CC(=O)OCCCCCCOc1ccc2cc(CCC(=O)Oc3ccc(C(F)(F)Oc4ccc(OCCCCC)c5c4S/C(=C(\C#N)C(=O)OCCCCOC(=O)/C(C#N)=C4/Sc6c(OC(=O)C=C)ccc(C7CCC(CCC)CC7)c6S4)S5)c(F)c3F)ccc2c1. The van der Waals surface area contributed by atoms with Crippen molar-refractivity contribution in [2.75, 3.05) is 33.0 Å². The van der Waals surface area contributed by atoms with E-state index >= 15 is 17.6 Å². The maximum absolute atomic E-state index is 16.2. The molecule has 0 spiro atoms. The summed E-state index contributed by atoms with van der Waals surface area (Å²) in [5, 5.41) is 22.2. The van der Waals surface area contributed by atoms with Gasteiger partial charge in [0.05, 0.1) is 56.2 Å². The summed E-state index contributed by atoms with van der Waals surface area (Å²) in [6, 6.07) is 22.4. The molecule has 0 radical (unpaired) electrons. The number of halogens is 4. The Morgan fingerprint density at radius 2 is 1.14 bits per heavy atom. The van der Waals surface area contributed by atoms with E-state index in [-0.39, 0.29) is 76.8 Å². The molecule has 15 nitrogen and oxygen atoms in total. The number of esters is 5. The lowest BCUT2D eigenvalue weighted by molar-refractivity contribution is -0.189. The normalized spacial score (nSPS) is 16.0. The Hall–Kier alpha value is -7.83. The van der Waals surface area contributed by atoms with E-state index in [1.807, 2.05) is 55.5 Å². The van der Waals surface area contributed by atoms with Crippen LogP contribution in [0.5, 0.6) is 28.7 Å². The number of nitrogens with zero attached hydrogens (tertiary/aromatic N) is 2. The van der Waals surface area contributed by atoms with Crippen LogP contribution in [0.3, 0.4) is 0 Å². The zero-order valence-corrected chi connectivity index (χ0v) is 54.8. The molecule has 1 aliphatic carbocycles. The van der Waals surface area contributed by atoms with Crippen LogP contribution < -0.4 is 23.7 Å². The lowest BCUT2D eigenvalue weighted by atomic mass is 9.77. The van der Waals surface area contributed by atoms with E-state index in [4.69, 9.17) is 37.9 Å². The highest BCUT2D eigenvalue weighted by molar-refractivity contribution is 8.25. The lowest BCUT2D eigenvalue weighted by Gasteiger charge is -2.29. The Bertz CT molecular complexity index is 3760. The van der Waals surface area contributed by atoms with Gasteiger partial charge in [-0.25, -0.2) is 23.6 Å². The maximum atomic E-state index is 16.2. The van der Waals surface area contributed by atoms with Crippen LogP contribution in [-0.2, 0) is 50.7 Å². The molecule has 0 N–H and O–H groups in total. The van der Waals surface area contributed by atoms with E-state index in [1.54, 1.807) is 12.1 Å². The lowest BCUT2D eigenvalue weighted by Crippen LogP contribution is -2.24. The molecule has 3 aliphatic rings. The molecule has 1 fully saturated rings. The summed E-state index contributed by atoms with van der Waals surface area (Å²) in [6.45, 7) is 11.8. The van der Waals surface area contributed by atoms with Crippen LogP contribution >= 0.6 is 47.0 Å². The van der Waals surface area contributed by atoms with E-state index in [2.05, 4.69) is 20.1 Å². The molecule has 0 aromatic heterocycles. The predicted octanol–water partition coefficient (Wildman–Crippen LogP) is 17.6. The molecular weight excluding hydrogens is 1280 g/mol. The second kappa shape index (κ2) is 34.9. The van der Waals surface area contributed by atoms with Crippen molar-refractivity contribution in [1.29, 1.82) is 10.5 Å². The largest absolute Gasteiger partial charge is 0.494 e. The molecule has 23 heteroatoms. The first-order chi connectivity index (χ1) is 45.0. The quantitative estimate of drug-likeness (QED) is 0.00728. The molecule has 0 unspecified atom stereocenters. The Morgan fingerprint density at radius 1 is 0.581 bits per heavy atom. The van der Waals surface area contributed by atoms with Crippen LogP contribution in [0.25, 0.3) is 10.8 Å². The predicted molar refractivity (Wildman–Crippen MR) is 347 cm³/mol. The molecule has 0 saturated heterocycles. The third-order valence-electron chi connectivity index (χ3n) is 15.4. The van der Waals surface area contributed by atoms with Crippen LogP contribution in [0.2, 0.25) is 0 Å². The van der Waals surface area contributed by atoms with Gasteiger partial charge in [0.15, 0.2) is 22.7 Å². The average Bonchev–Trinajstić information content (AvgIpc) is 1.71. The van der Waals surface area contributed by atoms with Gasteiger partial charge in [0.2, 0.25) is 5.82 Å². The van der Waals surface area contributed by atoms with Crippen molar-refractivity contribution in [2.24, 2.45) is 5.92 Å². The third kappa shape index (κ3) is 19.2. The van der Waals surface area contributed by atoms with E-state index in [0.717, 1.165) is 151 Å². The van der Waals surface area contributed by atoms with E-state index < -0.39 is 70.2 Å². The molecule has 490 valence electrons. The number of rotatable bonds is 33. The molecule has 0 atom stereocenters. The smallest absolute Gasteiger partial charge is 0.429 e. The number of carbonyl (C=O) groups excluding carboxylic acids is 5. The fraction of sp³-hybridized carbons (Fsp3) is 0.386. The fourth-order valence-corrected chi connectivity index (χ4v) is 15.8. The minimum absolute atomic E-state index is 0.00468. The second-order valence-electron chi connectivity index (χ2n) is 22.0. The van der Waals surface area contributed by atoms with Crippen molar-refractivity contribution in [3.8, 4) is 40.9 Å². The topological polar surface area (TPSA) is 207 Å². The summed E-state index contributed by atoms with van der Waals surface area (Å²) < 4.78 is 108. The summed E-state index contributed by atoms with van der Waals surface area (Å²) in [6.07, 6.45) is 10.1. The van der Waals surface area contributed by atoms with Gasteiger partial charge >= 0.3 is 36.0 Å². The molecule has 0 amide bonds. The molecule has 0 bridgehead atoms. The molecule has 1 saturated carbocycles. The summed E-state index contributed by atoms with van der Waals surface area (Å²) >= 11 is 4.05. The van der Waals surface area contributed by atoms with E-state index in [1.165, 1.54) is 24.2 Å². The Labute approximate surface area is 554 Å². The van der Waals surface area contributed by atoms with Crippen molar-refractivity contribution >= 4 is 87.7 Å². The fourth-order valence-electron chi connectivity index (χ4n) is 10.5. The summed E-state index contributed by atoms with van der Waals surface area (Å²) in [5.41, 5.74) is -0.372. The highest BCUT2D eigenvalue weighted by atomic mass is 32.2. The van der Waals surface area contributed by atoms with Crippen LogP contribution in [0.15, 0.2) is 137 Å². The first-order valence-electron chi connectivity index (χ1n) is 30.8. The van der Waals surface area contributed by atoms with Crippen LogP contribution in [0, 0.1) is 40.2 Å². The third-order valence-corrected chi connectivity index (χ3v) is 20.7. The molecule has 8 rings (SSSR count). The summed E-state index contributed by atoms with van der Waals surface area (Å²) in [5.74, 6) is -7.10. The van der Waals surface area contributed by atoms with Gasteiger partial charge in [-0.3, -0.25) is 4.79 Å². The number of alkyl halides is 2. The Morgan fingerprint density at radius 3 is 1.80 bits per heavy atom. The zero-order valence-electron chi connectivity index (χ0n) is 51.6. The van der Waals surface area contributed by atoms with Gasteiger partial charge in [-0.05, 0) is 153 Å².